The van der Waals surface area contributed by atoms with Crippen molar-refractivity contribution < 1.29 is 13.2 Å². The second-order valence-electron chi connectivity index (χ2n) is 4.50. The highest BCUT2D eigenvalue weighted by Crippen LogP contribution is 2.19. The maximum atomic E-state index is 12.3. The van der Waals surface area contributed by atoms with Crippen molar-refractivity contribution in [1.82, 2.24) is 14.2 Å². The second-order valence-corrected chi connectivity index (χ2v) is 7.43. The van der Waals surface area contributed by atoms with E-state index in [-0.39, 0.29) is 16.6 Å². The van der Waals surface area contributed by atoms with Gasteiger partial charge in [-0.3, -0.25) is 4.79 Å². The molecule has 0 saturated heterocycles. The van der Waals surface area contributed by atoms with Crippen molar-refractivity contribution in [2.45, 2.75) is 23.8 Å². The lowest BCUT2D eigenvalue weighted by Crippen LogP contribution is -2.30. The number of nitrogens with zero attached hydrogens (tertiary/aromatic N) is 3. The van der Waals surface area contributed by atoms with Crippen LogP contribution < -0.4 is 0 Å². The molecule has 0 N–H and O–H groups in total. The first kappa shape index (κ1) is 17.9. The summed E-state index contributed by atoms with van der Waals surface area (Å²) in [5, 5.41) is 0.628. The number of amides is 1. The number of hydrogen-bond donors (Lipinski definition) is 0. The number of hydrogen-bond acceptors (Lipinski definition) is 5. The van der Waals surface area contributed by atoms with Gasteiger partial charge in [-0.05, 0) is 12.1 Å². The molecule has 0 saturated carbocycles. The van der Waals surface area contributed by atoms with E-state index < -0.39 is 10.0 Å². The number of rotatable bonds is 7. The number of thioether (sulfide) groups is 1. The minimum atomic E-state index is -3.48. The van der Waals surface area contributed by atoms with Gasteiger partial charge < -0.3 is 4.90 Å². The summed E-state index contributed by atoms with van der Waals surface area (Å²) in [5.41, 5.74) is 0. The minimum absolute atomic E-state index is 0.0124. The summed E-state index contributed by atoms with van der Waals surface area (Å²) in [7, 11) is -0.0952. The number of carbonyl (C=O) groups excluding carboxylic acids is 1. The molecular weight excluding hydrogens is 310 g/mol. The maximum absolute atomic E-state index is 12.3. The Bertz CT molecular complexity index is 567. The standard InChI is InChI=1S/C13H21N3O3S2/c1-5-16(6-2)21(18,19)11-7-8-12(14-9-11)20-10-13(17)15(3)4/h7-9H,5-6,10H2,1-4H3. The van der Waals surface area contributed by atoms with E-state index in [0.717, 1.165) is 0 Å². The monoisotopic (exact) mass is 331 g/mol. The second kappa shape index (κ2) is 7.77. The first-order valence-corrected chi connectivity index (χ1v) is 9.04. The molecule has 0 aliphatic rings. The highest BCUT2D eigenvalue weighted by atomic mass is 32.2. The fraction of sp³-hybridized carbons (Fsp3) is 0.538. The molecule has 0 bridgehead atoms. The van der Waals surface area contributed by atoms with Crippen molar-refractivity contribution in [3.8, 4) is 0 Å². The zero-order valence-corrected chi connectivity index (χ0v) is 14.4. The summed E-state index contributed by atoms with van der Waals surface area (Å²) in [4.78, 5) is 17.3. The van der Waals surface area contributed by atoms with Crippen LogP contribution in [0.15, 0.2) is 28.3 Å². The van der Waals surface area contributed by atoms with Gasteiger partial charge in [-0.2, -0.15) is 4.31 Å². The number of sulfonamides is 1. The maximum Gasteiger partial charge on any atom is 0.244 e. The Morgan fingerprint density at radius 3 is 2.29 bits per heavy atom. The Labute approximate surface area is 130 Å². The molecule has 1 rings (SSSR count). The molecule has 0 radical (unpaired) electrons. The Morgan fingerprint density at radius 1 is 1.24 bits per heavy atom. The predicted octanol–water partition coefficient (Wildman–Crippen LogP) is 1.29. The molecular formula is C13H21N3O3S2. The third-order valence-corrected chi connectivity index (χ3v) is 5.86. The van der Waals surface area contributed by atoms with E-state index in [1.807, 2.05) is 0 Å². The molecule has 1 aromatic rings. The zero-order chi connectivity index (χ0) is 16.0. The van der Waals surface area contributed by atoms with Gasteiger partial charge in [0, 0.05) is 33.4 Å². The number of aromatic nitrogens is 1. The highest BCUT2D eigenvalue weighted by Gasteiger charge is 2.21. The first-order chi connectivity index (χ1) is 9.82. The minimum Gasteiger partial charge on any atom is -0.348 e. The van der Waals surface area contributed by atoms with Crippen molar-refractivity contribution in [2.75, 3.05) is 32.9 Å². The first-order valence-electron chi connectivity index (χ1n) is 6.62. The average Bonchev–Trinajstić information content (AvgIpc) is 2.46. The third-order valence-electron chi connectivity index (χ3n) is 2.89. The lowest BCUT2D eigenvalue weighted by molar-refractivity contribution is -0.125. The fourth-order valence-electron chi connectivity index (χ4n) is 1.58. The largest absolute Gasteiger partial charge is 0.348 e. The van der Waals surface area contributed by atoms with Gasteiger partial charge in [-0.25, -0.2) is 13.4 Å². The molecule has 0 aliphatic heterocycles. The van der Waals surface area contributed by atoms with Gasteiger partial charge >= 0.3 is 0 Å². The van der Waals surface area contributed by atoms with E-state index in [4.69, 9.17) is 0 Å². The quantitative estimate of drug-likeness (QED) is 0.704. The van der Waals surface area contributed by atoms with Crippen molar-refractivity contribution in [3.05, 3.63) is 18.3 Å². The van der Waals surface area contributed by atoms with Gasteiger partial charge in [0.25, 0.3) is 0 Å². The summed E-state index contributed by atoms with van der Waals surface area (Å²) < 4.78 is 25.9. The van der Waals surface area contributed by atoms with E-state index in [1.165, 1.54) is 33.2 Å². The van der Waals surface area contributed by atoms with Crippen molar-refractivity contribution in [1.29, 1.82) is 0 Å². The number of pyridine rings is 1. The van der Waals surface area contributed by atoms with Gasteiger partial charge in [0.15, 0.2) is 0 Å². The molecule has 0 spiro atoms. The number of carbonyl (C=O) groups is 1. The van der Waals surface area contributed by atoms with Gasteiger partial charge in [-0.1, -0.05) is 25.6 Å². The summed E-state index contributed by atoms with van der Waals surface area (Å²) >= 11 is 1.29. The Hall–Kier alpha value is -1.12. The van der Waals surface area contributed by atoms with E-state index in [0.29, 0.717) is 18.1 Å². The van der Waals surface area contributed by atoms with Crippen molar-refractivity contribution in [2.24, 2.45) is 0 Å². The Balaban J connectivity index is 2.81. The Kier molecular flexibility index (Phi) is 6.63. The molecule has 1 amide bonds. The van der Waals surface area contributed by atoms with E-state index in [1.54, 1.807) is 34.0 Å². The van der Waals surface area contributed by atoms with E-state index >= 15 is 0 Å². The van der Waals surface area contributed by atoms with Gasteiger partial charge in [0.05, 0.1) is 10.8 Å². The summed E-state index contributed by atoms with van der Waals surface area (Å²) in [5.74, 6) is 0.268. The molecule has 0 aliphatic carbocycles. The van der Waals surface area contributed by atoms with Crippen LogP contribution in [0, 0.1) is 0 Å². The van der Waals surface area contributed by atoms with Crippen LogP contribution in [-0.4, -0.2) is 61.5 Å². The van der Waals surface area contributed by atoms with Crippen molar-refractivity contribution >= 4 is 27.7 Å². The van der Waals surface area contributed by atoms with Crippen LogP contribution in [0.25, 0.3) is 0 Å². The average molecular weight is 331 g/mol. The molecule has 0 fully saturated rings. The molecule has 0 unspecified atom stereocenters. The molecule has 0 atom stereocenters. The van der Waals surface area contributed by atoms with Crippen LogP contribution in [0.1, 0.15) is 13.8 Å². The van der Waals surface area contributed by atoms with Crippen LogP contribution in [0.4, 0.5) is 0 Å². The third kappa shape index (κ3) is 4.69. The molecule has 1 aromatic heterocycles. The van der Waals surface area contributed by atoms with Crippen molar-refractivity contribution in [3.63, 3.8) is 0 Å². The lowest BCUT2D eigenvalue weighted by Gasteiger charge is -2.18. The van der Waals surface area contributed by atoms with Crippen LogP contribution in [-0.2, 0) is 14.8 Å². The van der Waals surface area contributed by atoms with Gasteiger partial charge in [0.1, 0.15) is 4.90 Å². The zero-order valence-electron chi connectivity index (χ0n) is 12.7. The van der Waals surface area contributed by atoms with Gasteiger partial charge in [-0.15, -0.1) is 0 Å². The molecule has 1 heterocycles. The topological polar surface area (TPSA) is 70.6 Å². The van der Waals surface area contributed by atoms with Crippen LogP contribution in [0.2, 0.25) is 0 Å². The van der Waals surface area contributed by atoms with Crippen LogP contribution >= 0.6 is 11.8 Å². The van der Waals surface area contributed by atoms with E-state index in [2.05, 4.69) is 4.98 Å². The SMILES string of the molecule is CCN(CC)S(=O)(=O)c1ccc(SCC(=O)N(C)C)nc1. The fourth-order valence-corrected chi connectivity index (χ4v) is 3.81. The molecule has 118 valence electrons. The molecule has 0 aromatic carbocycles. The smallest absolute Gasteiger partial charge is 0.244 e. The summed E-state index contributed by atoms with van der Waals surface area (Å²) in [6.07, 6.45) is 1.34. The Morgan fingerprint density at radius 2 is 1.86 bits per heavy atom. The normalized spacial score (nSPS) is 11.7. The van der Waals surface area contributed by atoms with Crippen LogP contribution in [0.5, 0.6) is 0 Å². The van der Waals surface area contributed by atoms with Gasteiger partial charge in [0.2, 0.25) is 15.9 Å². The lowest BCUT2D eigenvalue weighted by atomic mass is 10.5. The molecule has 8 heteroatoms. The van der Waals surface area contributed by atoms with E-state index in [9.17, 15) is 13.2 Å². The van der Waals surface area contributed by atoms with Crippen LogP contribution in [0.3, 0.4) is 0 Å². The highest BCUT2D eigenvalue weighted by molar-refractivity contribution is 7.99. The summed E-state index contributed by atoms with van der Waals surface area (Å²) in [6, 6.07) is 3.16. The molecule has 21 heavy (non-hydrogen) atoms. The predicted molar refractivity (Wildman–Crippen MR) is 83.8 cm³/mol. The molecule has 6 nitrogen and oxygen atoms in total. The summed E-state index contributed by atoms with van der Waals surface area (Å²) in [6.45, 7) is 4.44.